The van der Waals surface area contributed by atoms with Gasteiger partial charge in [0.15, 0.2) is 0 Å². The van der Waals surface area contributed by atoms with E-state index in [0.717, 1.165) is 22.9 Å². The van der Waals surface area contributed by atoms with Crippen LogP contribution in [-0.4, -0.2) is 20.9 Å². The minimum absolute atomic E-state index is 0.414. The molecule has 1 aromatic heterocycles. The van der Waals surface area contributed by atoms with E-state index in [0.29, 0.717) is 21.3 Å². The van der Waals surface area contributed by atoms with E-state index in [1.54, 1.807) is 29.1 Å². The van der Waals surface area contributed by atoms with Crippen molar-refractivity contribution in [2.45, 2.75) is 6.92 Å². The first-order chi connectivity index (χ1) is 11.9. The lowest BCUT2D eigenvalue weighted by Crippen LogP contribution is -1.95. The van der Waals surface area contributed by atoms with Gasteiger partial charge in [-0.05, 0) is 42.8 Å². The van der Waals surface area contributed by atoms with Crippen LogP contribution in [0.25, 0.3) is 23.0 Å². The van der Waals surface area contributed by atoms with Gasteiger partial charge in [-0.15, -0.1) is 0 Å². The molecule has 0 unspecified atom stereocenters. The number of carboxylic acids is 1. The van der Waals surface area contributed by atoms with Crippen molar-refractivity contribution in [1.29, 1.82) is 0 Å². The number of aromatic nitrogens is 2. The van der Waals surface area contributed by atoms with E-state index in [1.807, 2.05) is 31.2 Å². The maximum absolute atomic E-state index is 10.9. The Morgan fingerprint density at radius 2 is 1.96 bits per heavy atom. The summed E-state index contributed by atoms with van der Waals surface area (Å²) in [6.07, 6.45) is 4.38. The summed E-state index contributed by atoms with van der Waals surface area (Å²) in [6, 6.07) is 13.1. The predicted octanol–water partition coefficient (Wildman–Crippen LogP) is 5.25. The Labute approximate surface area is 154 Å². The van der Waals surface area contributed by atoms with Gasteiger partial charge in [0.2, 0.25) is 0 Å². The summed E-state index contributed by atoms with van der Waals surface area (Å²) in [5.74, 6) is -1.02. The highest BCUT2D eigenvalue weighted by Crippen LogP contribution is 2.30. The molecule has 0 aliphatic carbocycles. The second-order valence-electron chi connectivity index (χ2n) is 5.52. The molecule has 4 nitrogen and oxygen atoms in total. The summed E-state index contributed by atoms with van der Waals surface area (Å²) in [4.78, 5) is 10.9. The maximum atomic E-state index is 10.9. The number of hydrogen-bond donors (Lipinski definition) is 1. The summed E-state index contributed by atoms with van der Waals surface area (Å²) in [5.41, 5.74) is 4.04. The SMILES string of the molecule is Cc1cccc(-n2cc(/C=C/C(=O)O)c(-c3ccc(Cl)c(Cl)c3)n2)c1. The van der Waals surface area contributed by atoms with Gasteiger partial charge in [0.1, 0.15) is 5.69 Å². The zero-order valence-corrected chi connectivity index (χ0v) is 14.8. The van der Waals surface area contributed by atoms with Gasteiger partial charge >= 0.3 is 5.97 Å². The molecule has 1 heterocycles. The number of aryl methyl sites for hydroxylation is 1. The molecule has 0 atom stereocenters. The molecule has 0 spiro atoms. The molecule has 3 rings (SSSR count). The number of hydrogen-bond acceptors (Lipinski definition) is 2. The van der Waals surface area contributed by atoms with Crippen LogP contribution in [0.5, 0.6) is 0 Å². The summed E-state index contributed by atoms with van der Waals surface area (Å²) in [6.45, 7) is 2.00. The minimum Gasteiger partial charge on any atom is -0.478 e. The van der Waals surface area contributed by atoms with E-state index in [1.165, 1.54) is 6.08 Å². The number of halogens is 2. The number of rotatable bonds is 4. The zero-order chi connectivity index (χ0) is 18.0. The lowest BCUT2D eigenvalue weighted by molar-refractivity contribution is -0.131. The molecule has 0 fully saturated rings. The van der Waals surface area contributed by atoms with Gasteiger partial charge in [0.05, 0.1) is 15.7 Å². The molecule has 3 aromatic rings. The first-order valence-electron chi connectivity index (χ1n) is 7.47. The van der Waals surface area contributed by atoms with Crippen molar-refractivity contribution in [1.82, 2.24) is 9.78 Å². The van der Waals surface area contributed by atoms with E-state index < -0.39 is 5.97 Å². The number of aliphatic carboxylic acids is 1. The highest BCUT2D eigenvalue weighted by molar-refractivity contribution is 6.42. The first kappa shape index (κ1) is 17.3. The van der Waals surface area contributed by atoms with Gasteiger partial charge in [-0.3, -0.25) is 0 Å². The van der Waals surface area contributed by atoms with Crippen LogP contribution in [0.1, 0.15) is 11.1 Å². The summed E-state index contributed by atoms with van der Waals surface area (Å²) in [7, 11) is 0. The Hall–Kier alpha value is -2.56. The number of nitrogens with zero attached hydrogens (tertiary/aromatic N) is 2. The highest BCUT2D eigenvalue weighted by Gasteiger charge is 2.12. The molecular formula is C19H14Cl2N2O2. The lowest BCUT2D eigenvalue weighted by atomic mass is 10.1. The van der Waals surface area contributed by atoms with E-state index in [9.17, 15) is 4.79 Å². The van der Waals surface area contributed by atoms with Crippen molar-refractivity contribution < 1.29 is 9.90 Å². The van der Waals surface area contributed by atoms with E-state index in [2.05, 4.69) is 5.10 Å². The molecular weight excluding hydrogens is 359 g/mol. The zero-order valence-electron chi connectivity index (χ0n) is 13.3. The van der Waals surface area contributed by atoms with Crippen molar-refractivity contribution in [2.75, 3.05) is 0 Å². The fourth-order valence-corrected chi connectivity index (χ4v) is 2.74. The quantitative estimate of drug-likeness (QED) is 0.636. The van der Waals surface area contributed by atoms with Crippen LogP contribution in [0.15, 0.2) is 54.7 Å². The van der Waals surface area contributed by atoms with Gasteiger partial charge in [0.25, 0.3) is 0 Å². The summed E-state index contributed by atoms with van der Waals surface area (Å²) < 4.78 is 1.71. The number of carbonyl (C=O) groups is 1. The molecule has 25 heavy (non-hydrogen) atoms. The van der Waals surface area contributed by atoms with Crippen molar-refractivity contribution in [3.63, 3.8) is 0 Å². The van der Waals surface area contributed by atoms with Crippen LogP contribution in [0.4, 0.5) is 0 Å². The Kier molecular flexibility index (Phi) is 4.93. The third-order valence-corrected chi connectivity index (χ3v) is 4.35. The topological polar surface area (TPSA) is 55.1 Å². The standard InChI is InChI=1S/C19H14Cl2N2O2/c1-12-3-2-4-15(9-12)23-11-14(6-8-18(24)25)19(22-23)13-5-7-16(20)17(21)10-13/h2-11H,1H3,(H,24,25)/b8-6+. The average molecular weight is 373 g/mol. The number of benzene rings is 2. The lowest BCUT2D eigenvalue weighted by Gasteiger charge is -2.03. The highest BCUT2D eigenvalue weighted by atomic mass is 35.5. The third-order valence-electron chi connectivity index (χ3n) is 3.61. The minimum atomic E-state index is -1.02. The molecule has 6 heteroatoms. The maximum Gasteiger partial charge on any atom is 0.328 e. The first-order valence-corrected chi connectivity index (χ1v) is 8.23. The van der Waals surface area contributed by atoms with Gasteiger partial charge < -0.3 is 5.11 Å². The second-order valence-corrected chi connectivity index (χ2v) is 6.33. The van der Waals surface area contributed by atoms with E-state index in [4.69, 9.17) is 28.3 Å². The molecule has 1 N–H and O–H groups in total. The Morgan fingerprint density at radius 1 is 1.16 bits per heavy atom. The molecule has 0 amide bonds. The van der Waals surface area contributed by atoms with Gasteiger partial charge in [-0.25, -0.2) is 9.48 Å². The fraction of sp³-hybridized carbons (Fsp3) is 0.0526. The molecule has 2 aromatic carbocycles. The summed E-state index contributed by atoms with van der Waals surface area (Å²) in [5, 5.41) is 14.4. The third kappa shape index (κ3) is 3.92. The molecule has 0 bridgehead atoms. The Morgan fingerprint density at radius 3 is 2.64 bits per heavy atom. The van der Waals surface area contributed by atoms with Crippen molar-refractivity contribution in [3.05, 3.63) is 75.9 Å². The van der Waals surface area contributed by atoms with Crippen molar-refractivity contribution in [3.8, 4) is 16.9 Å². The molecule has 0 aliphatic heterocycles. The van der Waals surface area contributed by atoms with Crippen molar-refractivity contribution >= 4 is 35.2 Å². The normalized spacial score (nSPS) is 11.2. The van der Waals surface area contributed by atoms with Crippen LogP contribution in [-0.2, 0) is 4.79 Å². The molecule has 0 radical (unpaired) electrons. The van der Waals surface area contributed by atoms with E-state index >= 15 is 0 Å². The smallest absolute Gasteiger partial charge is 0.328 e. The Balaban J connectivity index is 2.14. The fourth-order valence-electron chi connectivity index (χ4n) is 2.44. The largest absolute Gasteiger partial charge is 0.478 e. The average Bonchev–Trinajstić information content (AvgIpc) is 3.00. The van der Waals surface area contributed by atoms with Gasteiger partial charge in [-0.1, -0.05) is 41.4 Å². The van der Waals surface area contributed by atoms with Crippen molar-refractivity contribution in [2.24, 2.45) is 0 Å². The monoisotopic (exact) mass is 372 g/mol. The molecule has 126 valence electrons. The van der Waals surface area contributed by atoms with Crippen LogP contribution in [0, 0.1) is 6.92 Å². The summed E-state index contributed by atoms with van der Waals surface area (Å²) >= 11 is 12.1. The second kappa shape index (κ2) is 7.13. The van der Waals surface area contributed by atoms with Gasteiger partial charge in [-0.2, -0.15) is 5.10 Å². The van der Waals surface area contributed by atoms with Crippen LogP contribution in [0.2, 0.25) is 10.0 Å². The predicted molar refractivity (Wildman–Crippen MR) is 100 cm³/mol. The Bertz CT molecular complexity index is 977. The molecule has 0 aliphatic rings. The van der Waals surface area contributed by atoms with E-state index in [-0.39, 0.29) is 0 Å². The molecule has 0 saturated heterocycles. The van der Waals surface area contributed by atoms with Crippen LogP contribution >= 0.6 is 23.2 Å². The number of carboxylic acid groups (broad SMARTS) is 1. The van der Waals surface area contributed by atoms with Crippen LogP contribution in [0.3, 0.4) is 0 Å². The molecule has 0 saturated carbocycles. The van der Waals surface area contributed by atoms with Gasteiger partial charge in [0, 0.05) is 23.4 Å². The van der Waals surface area contributed by atoms with Crippen LogP contribution < -0.4 is 0 Å².